The largest absolute Gasteiger partial charge is 0.342 e. The molecule has 1 saturated heterocycles. The maximum Gasteiger partial charge on any atom is 0.236 e. The number of nitrogens with one attached hydrogen (secondary N) is 1. The molecule has 0 saturated carbocycles. The second kappa shape index (κ2) is 7.39. The zero-order chi connectivity index (χ0) is 14.4. The van der Waals surface area contributed by atoms with Crippen molar-refractivity contribution in [3.8, 4) is 0 Å². The zero-order valence-corrected chi connectivity index (χ0v) is 12.1. The molecule has 1 heterocycles. The van der Waals surface area contributed by atoms with Gasteiger partial charge in [-0.05, 0) is 25.8 Å². The molecule has 0 unspecified atom stereocenters. The van der Waals surface area contributed by atoms with Gasteiger partial charge in [0.2, 0.25) is 5.91 Å². The van der Waals surface area contributed by atoms with E-state index in [1.54, 1.807) is 12.1 Å². The molecule has 0 spiro atoms. The van der Waals surface area contributed by atoms with Gasteiger partial charge in [0, 0.05) is 24.7 Å². The summed E-state index contributed by atoms with van der Waals surface area (Å²) in [5, 5.41) is 3.13. The second-order valence-corrected chi connectivity index (χ2v) is 5.42. The van der Waals surface area contributed by atoms with Gasteiger partial charge < -0.3 is 10.2 Å². The van der Waals surface area contributed by atoms with Gasteiger partial charge in [0.05, 0.1) is 6.54 Å². The molecule has 110 valence electrons. The first-order chi connectivity index (χ1) is 9.68. The van der Waals surface area contributed by atoms with E-state index < -0.39 is 0 Å². The van der Waals surface area contributed by atoms with Gasteiger partial charge in [-0.25, -0.2) is 4.39 Å². The van der Waals surface area contributed by atoms with Gasteiger partial charge in [-0.2, -0.15) is 0 Å². The summed E-state index contributed by atoms with van der Waals surface area (Å²) in [6.45, 7) is 3.87. The lowest BCUT2D eigenvalue weighted by molar-refractivity contribution is -0.130. The highest BCUT2D eigenvalue weighted by atomic mass is 19.1. The minimum absolute atomic E-state index is 0.120. The molecular weight excluding hydrogens is 255 g/mol. The predicted molar refractivity (Wildman–Crippen MR) is 77.9 cm³/mol. The highest BCUT2D eigenvalue weighted by Crippen LogP contribution is 2.16. The number of hydrogen-bond acceptors (Lipinski definition) is 2. The lowest BCUT2D eigenvalue weighted by Crippen LogP contribution is -2.39. The summed E-state index contributed by atoms with van der Waals surface area (Å²) in [4.78, 5) is 14.1. The summed E-state index contributed by atoms with van der Waals surface area (Å²) in [6.07, 6.45) is 4.61. The van der Waals surface area contributed by atoms with Crippen LogP contribution in [0.3, 0.4) is 0 Å². The fourth-order valence-corrected chi connectivity index (χ4v) is 2.61. The first-order valence-electron chi connectivity index (χ1n) is 7.44. The molecular formula is C16H23FN2O. The molecule has 3 nitrogen and oxygen atoms in total. The first-order valence-corrected chi connectivity index (χ1v) is 7.44. The minimum atomic E-state index is -0.227. The summed E-state index contributed by atoms with van der Waals surface area (Å²) >= 11 is 0. The SMILES string of the molecule is C[C@@H](NCC(=O)N1CCCCCC1)c1ccccc1F. The zero-order valence-electron chi connectivity index (χ0n) is 12.1. The van der Waals surface area contributed by atoms with Crippen LogP contribution in [-0.4, -0.2) is 30.4 Å². The molecule has 1 amide bonds. The third-order valence-electron chi connectivity index (χ3n) is 3.89. The average Bonchev–Trinajstić information content (AvgIpc) is 2.74. The van der Waals surface area contributed by atoms with Crippen molar-refractivity contribution in [1.82, 2.24) is 10.2 Å². The molecule has 1 atom stereocenters. The van der Waals surface area contributed by atoms with Crippen molar-refractivity contribution in [2.24, 2.45) is 0 Å². The van der Waals surface area contributed by atoms with Gasteiger partial charge in [-0.15, -0.1) is 0 Å². The Morgan fingerprint density at radius 2 is 1.90 bits per heavy atom. The van der Waals surface area contributed by atoms with Crippen LogP contribution in [0.15, 0.2) is 24.3 Å². The molecule has 0 bridgehead atoms. The highest BCUT2D eigenvalue weighted by molar-refractivity contribution is 5.78. The number of halogens is 1. The van der Waals surface area contributed by atoms with E-state index in [0.29, 0.717) is 5.56 Å². The van der Waals surface area contributed by atoms with E-state index in [0.717, 1.165) is 25.9 Å². The van der Waals surface area contributed by atoms with E-state index >= 15 is 0 Å². The van der Waals surface area contributed by atoms with Crippen LogP contribution < -0.4 is 5.32 Å². The van der Waals surface area contributed by atoms with Gasteiger partial charge in [-0.3, -0.25) is 4.79 Å². The molecule has 1 aliphatic rings. The monoisotopic (exact) mass is 278 g/mol. The van der Waals surface area contributed by atoms with Crippen molar-refractivity contribution in [3.05, 3.63) is 35.6 Å². The number of likely N-dealkylation sites (tertiary alicyclic amines) is 1. The van der Waals surface area contributed by atoms with Crippen LogP contribution in [0.5, 0.6) is 0 Å². The van der Waals surface area contributed by atoms with Crippen molar-refractivity contribution in [1.29, 1.82) is 0 Å². The molecule has 4 heteroatoms. The molecule has 1 aromatic rings. The Morgan fingerprint density at radius 1 is 1.25 bits per heavy atom. The number of carbonyl (C=O) groups excluding carboxylic acids is 1. The van der Waals surface area contributed by atoms with Crippen LogP contribution in [0, 0.1) is 5.82 Å². The van der Waals surface area contributed by atoms with E-state index in [4.69, 9.17) is 0 Å². The molecule has 1 aromatic carbocycles. The van der Waals surface area contributed by atoms with E-state index in [2.05, 4.69) is 5.32 Å². The van der Waals surface area contributed by atoms with Crippen molar-refractivity contribution < 1.29 is 9.18 Å². The van der Waals surface area contributed by atoms with E-state index in [1.807, 2.05) is 17.9 Å². The number of rotatable bonds is 4. The van der Waals surface area contributed by atoms with Crippen molar-refractivity contribution in [2.75, 3.05) is 19.6 Å². The second-order valence-electron chi connectivity index (χ2n) is 5.42. The average molecular weight is 278 g/mol. The molecule has 2 rings (SSSR count). The lowest BCUT2D eigenvalue weighted by atomic mass is 10.1. The number of benzene rings is 1. The molecule has 1 aliphatic heterocycles. The van der Waals surface area contributed by atoms with E-state index in [9.17, 15) is 9.18 Å². The molecule has 0 aromatic heterocycles. The van der Waals surface area contributed by atoms with Crippen molar-refractivity contribution in [3.63, 3.8) is 0 Å². The maximum absolute atomic E-state index is 13.6. The quantitative estimate of drug-likeness (QED) is 0.918. The van der Waals surface area contributed by atoms with Crippen LogP contribution in [0.1, 0.15) is 44.2 Å². The molecule has 0 aliphatic carbocycles. The summed E-state index contributed by atoms with van der Waals surface area (Å²) in [7, 11) is 0. The molecule has 20 heavy (non-hydrogen) atoms. The lowest BCUT2D eigenvalue weighted by Gasteiger charge is -2.22. The fraction of sp³-hybridized carbons (Fsp3) is 0.562. The van der Waals surface area contributed by atoms with Crippen LogP contribution in [0.2, 0.25) is 0 Å². The number of amides is 1. The number of carbonyl (C=O) groups is 1. The molecule has 1 fully saturated rings. The predicted octanol–water partition coefficient (Wildman–Crippen LogP) is 2.88. The van der Waals surface area contributed by atoms with Crippen LogP contribution in [-0.2, 0) is 4.79 Å². The van der Waals surface area contributed by atoms with Gasteiger partial charge in [0.25, 0.3) is 0 Å². The van der Waals surface area contributed by atoms with Gasteiger partial charge in [-0.1, -0.05) is 31.0 Å². The van der Waals surface area contributed by atoms with E-state index in [-0.39, 0.29) is 24.3 Å². The number of hydrogen-bond donors (Lipinski definition) is 1. The Morgan fingerprint density at radius 3 is 2.55 bits per heavy atom. The smallest absolute Gasteiger partial charge is 0.236 e. The highest BCUT2D eigenvalue weighted by Gasteiger charge is 2.17. The first kappa shape index (κ1) is 15.0. The fourth-order valence-electron chi connectivity index (χ4n) is 2.61. The van der Waals surface area contributed by atoms with Gasteiger partial charge >= 0.3 is 0 Å². The van der Waals surface area contributed by atoms with Crippen LogP contribution in [0.4, 0.5) is 4.39 Å². The minimum Gasteiger partial charge on any atom is -0.342 e. The van der Waals surface area contributed by atoms with Crippen LogP contribution >= 0.6 is 0 Å². The van der Waals surface area contributed by atoms with Crippen molar-refractivity contribution in [2.45, 2.75) is 38.6 Å². The van der Waals surface area contributed by atoms with Crippen molar-refractivity contribution >= 4 is 5.91 Å². The Labute approximate surface area is 120 Å². The summed E-state index contributed by atoms with van der Waals surface area (Å²) in [6, 6.07) is 6.53. The molecule has 0 radical (unpaired) electrons. The topological polar surface area (TPSA) is 32.3 Å². The third-order valence-corrected chi connectivity index (χ3v) is 3.89. The van der Waals surface area contributed by atoms with Crippen LogP contribution in [0.25, 0.3) is 0 Å². The number of nitrogens with zero attached hydrogens (tertiary/aromatic N) is 1. The van der Waals surface area contributed by atoms with Gasteiger partial charge in [0.15, 0.2) is 0 Å². The Hall–Kier alpha value is -1.42. The Bertz CT molecular complexity index is 442. The standard InChI is InChI=1S/C16H23FN2O/c1-13(14-8-4-5-9-15(14)17)18-12-16(20)19-10-6-2-3-7-11-19/h4-5,8-9,13,18H,2-3,6-7,10-12H2,1H3/t13-/m1/s1. The summed E-state index contributed by atoms with van der Waals surface area (Å²) in [5.41, 5.74) is 0.608. The molecule has 1 N–H and O–H groups in total. The maximum atomic E-state index is 13.6. The third kappa shape index (κ3) is 4.04. The van der Waals surface area contributed by atoms with E-state index in [1.165, 1.54) is 18.9 Å². The summed E-state index contributed by atoms with van der Waals surface area (Å²) < 4.78 is 13.6. The normalized spacial score (nSPS) is 17.6. The Balaban J connectivity index is 1.85. The van der Waals surface area contributed by atoms with Gasteiger partial charge in [0.1, 0.15) is 5.82 Å². The summed E-state index contributed by atoms with van der Waals surface area (Å²) in [5.74, 6) is -0.107. The Kier molecular flexibility index (Phi) is 5.53.